The van der Waals surface area contributed by atoms with Crippen molar-refractivity contribution in [1.82, 2.24) is 10.2 Å². The lowest BCUT2D eigenvalue weighted by Crippen LogP contribution is -2.58. The summed E-state index contributed by atoms with van der Waals surface area (Å²) in [5.41, 5.74) is 0. The van der Waals surface area contributed by atoms with E-state index >= 15 is 0 Å². The Hall–Kier alpha value is -0.130. The third-order valence-corrected chi connectivity index (χ3v) is 5.36. The first-order valence-corrected chi connectivity index (χ1v) is 7.85. The summed E-state index contributed by atoms with van der Waals surface area (Å²) < 4.78 is 23.5. The van der Waals surface area contributed by atoms with Gasteiger partial charge in [0.05, 0.1) is 11.0 Å². The average molecular weight is 248 g/mol. The molecule has 0 radical (unpaired) electrons. The summed E-state index contributed by atoms with van der Waals surface area (Å²) in [6, 6.07) is 0.544. The summed E-state index contributed by atoms with van der Waals surface area (Å²) in [4.78, 5) is 2.30. The van der Waals surface area contributed by atoms with Gasteiger partial charge in [0.15, 0.2) is 9.84 Å². The van der Waals surface area contributed by atoms with Crippen LogP contribution in [0.2, 0.25) is 0 Å². The zero-order chi connectivity index (χ0) is 12.2. The van der Waals surface area contributed by atoms with E-state index in [2.05, 4.69) is 17.1 Å². The van der Waals surface area contributed by atoms with Gasteiger partial charge in [0.25, 0.3) is 0 Å². The van der Waals surface area contributed by atoms with Gasteiger partial charge in [-0.25, -0.2) is 8.42 Å². The molecule has 0 aliphatic carbocycles. The maximum Gasteiger partial charge on any atom is 0.153 e. The third kappa shape index (κ3) is 3.71. The number of sulfone groups is 1. The van der Waals surface area contributed by atoms with E-state index in [1.807, 2.05) is 0 Å². The third-order valence-electron chi connectivity index (χ3n) is 3.17. The molecule has 1 saturated heterocycles. The zero-order valence-corrected chi connectivity index (χ0v) is 11.4. The molecule has 0 aromatic rings. The minimum absolute atomic E-state index is 0.254. The van der Waals surface area contributed by atoms with Gasteiger partial charge in [0, 0.05) is 25.7 Å². The van der Waals surface area contributed by atoms with Crippen molar-refractivity contribution < 1.29 is 8.42 Å². The minimum Gasteiger partial charge on any atom is -0.314 e. The van der Waals surface area contributed by atoms with E-state index in [1.165, 1.54) is 0 Å². The predicted octanol–water partition coefficient (Wildman–Crippen LogP) is 0.493. The molecule has 0 unspecified atom stereocenters. The molecule has 0 bridgehead atoms. The Morgan fingerprint density at radius 1 is 1.31 bits per heavy atom. The average Bonchev–Trinajstić information content (AvgIpc) is 2.11. The van der Waals surface area contributed by atoms with Crippen LogP contribution in [0, 0.1) is 0 Å². The Kier molecular flexibility index (Phi) is 5.21. The highest BCUT2D eigenvalue weighted by Crippen LogP contribution is 2.08. The van der Waals surface area contributed by atoms with Gasteiger partial charge in [-0.1, -0.05) is 6.92 Å². The van der Waals surface area contributed by atoms with Crippen LogP contribution in [0.1, 0.15) is 27.2 Å². The molecule has 1 fully saturated rings. The van der Waals surface area contributed by atoms with E-state index in [9.17, 15) is 8.42 Å². The number of hydrogen-bond donors (Lipinski definition) is 1. The zero-order valence-electron chi connectivity index (χ0n) is 10.6. The fraction of sp³-hybridized carbons (Fsp3) is 1.00. The lowest BCUT2D eigenvalue weighted by Gasteiger charge is -2.38. The smallest absolute Gasteiger partial charge is 0.153 e. The van der Waals surface area contributed by atoms with Crippen LogP contribution in [0.4, 0.5) is 0 Å². The fourth-order valence-corrected chi connectivity index (χ4v) is 2.74. The molecular formula is C11H24N2O2S. The SMILES string of the molecule is CCCN(CCS(=O)(=O)C(C)C)C1CNC1. The van der Waals surface area contributed by atoms with Crippen LogP contribution in [0.25, 0.3) is 0 Å². The molecule has 1 aliphatic heterocycles. The standard InChI is InChI=1S/C11H24N2O2S/c1-4-5-13(11-8-12-9-11)6-7-16(14,15)10(2)3/h10-12H,4-9H2,1-3H3. The molecule has 5 heteroatoms. The van der Waals surface area contributed by atoms with Crippen molar-refractivity contribution in [2.24, 2.45) is 0 Å². The highest BCUT2D eigenvalue weighted by Gasteiger charge is 2.25. The largest absolute Gasteiger partial charge is 0.314 e. The Morgan fingerprint density at radius 3 is 2.31 bits per heavy atom. The van der Waals surface area contributed by atoms with Crippen molar-refractivity contribution in [3.05, 3.63) is 0 Å². The van der Waals surface area contributed by atoms with Gasteiger partial charge >= 0.3 is 0 Å². The maximum absolute atomic E-state index is 11.7. The van der Waals surface area contributed by atoms with E-state index in [1.54, 1.807) is 13.8 Å². The molecule has 1 rings (SSSR count). The van der Waals surface area contributed by atoms with Crippen molar-refractivity contribution in [3.8, 4) is 0 Å². The summed E-state index contributed by atoms with van der Waals surface area (Å²) in [6.07, 6.45) is 1.08. The van der Waals surface area contributed by atoms with Gasteiger partial charge in [0.1, 0.15) is 0 Å². The molecule has 16 heavy (non-hydrogen) atoms. The Balaban J connectivity index is 2.43. The molecule has 0 atom stereocenters. The van der Waals surface area contributed by atoms with Gasteiger partial charge in [-0.15, -0.1) is 0 Å². The summed E-state index contributed by atoms with van der Waals surface area (Å²) in [5, 5.41) is 2.97. The van der Waals surface area contributed by atoms with Crippen LogP contribution < -0.4 is 5.32 Å². The molecule has 4 nitrogen and oxygen atoms in total. The summed E-state index contributed by atoms with van der Waals surface area (Å²) in [6.45, 7) is 9.33. The molecule has 0 saturated carbocycles. The molecular weight excluding hydrogens is 224 g/mol. The lowest BCUT2D eigenvalue weighted by atomic mass is 10.1. The van der Waals surface area contributed by atoms with Gasteiger partial charge in [-0.3, -0.25) is 4.90 Å². The van der Waals surface area contributed by atoms with Crippen molar-refractivity contribution in [2.75, 3.05) is 31.9 Å². The first-order chi connectivity index (χ1) is 7.47. The molecule has 0 aromatic carbocycles. The van der Waals surface area contributed by atoms with E-state index in [0.717, 1.165) is 26.1 Å². The van der Waals surface area contributed by atoms with E-state index in [4.69, 9.17) is 0 Å². The van der Waals surface area contributed by atoms with E-state index in [-0.39, 0.29) is 5.25 Å². The van der Waals surface area contributed by atoms with E-state index in [0.29, 0.717) is 18.3 Å². The molecule has 0 aromatic heterocycles. The molecule has 96 valence electrons. The predicted molar refractivity (Wildman–Crippen MR) is 67.4 cm³/mol. The maximum atomic E-state index is 11.7. The summed E-state index contributed by atoms with van der Waals surface area (Å²) in [5.74, 6) is 0.293. The van der Waals surface area contributed by atoms with Crippen LogP contribution in [-0.4, -0.2) is 56.5 Å². The second-order valence-corrected chi connectivity index (χ2v) is 7.44. The number of rotatable bonds is 7. The number of nitrogens with one attached hydrogen (secondary N) is 1. The molecule has 1 aliphatic rings. The quantitative estimate of drug-likeness (QED) is 0.712. The van der Waals surface area contributed by atoms with Crippen molar-refractivity contribution in [2.45, 2.75) is 38.5 Å². The van der Waals surface area contributed by atoms with Crippen LogP contribution in [0.3, 0.4) is 0 Å². The molecule has 0 spiro atoms. The summed E-state index contributed by atoms with van der Waals surface area (Å²) >= 11 is 0. The first-order valence-electron chi connectivity index (χ1n) is 6.13. The lowest BCUT2D eigenvalue weighted by molar-refractivity contribution is 0.154. The highest BCUT2D eigenvalue weighted by atomic mass is 32.2. The van der Waals surface area contributed by atoms with Gasteiger partial charge in [-0.05, 0) is 26.8 Å². The second-order valence-electron chi connectivity index (χ2n) is 4.76. The van der Waals surface area contributed by atoms with Crippen molar-refractivity contribution in [1.29, 1.82) is 0 Å². The van der Waals surface area contributed by atoms with Crippen LogP contribution >= 0.6 is 0 Å². The van der Waals surface area contributed by atoms with Gasteiger partial charge in [-0.2, -0.15) is 0 Å². The number of nitrogens with zero attached hydrogens (tertiary/aromatic N) is 1. The Labute approximate surface area is 99.3 Å². The normalized spacial score (nSPS) is 18.1. The topological polar surface area (TPSA) is 49.4 Å². The van der Waals surface area contributed by atoms with Gasteiger partial charge < -0.3 is 5.32 Å². The monoisotopic (exact) mass is 248 g/mol. The van der Waals surface area contributed by atoms with Crippen molar-refractivity contribution in [3.63, 3.8) is 0 Å². The first kappa shape index (κ1) is 13.9. The Bertz CT molecular complexity index is 297. The minimum atomic E-state index is -2.89. The van der Waals surface area contributed by atoms with Crippen LogP contribution in [0.15, 0.2) is 0 Å². The fourth-order valence-electron chi connectivity index (χ4n) is 1.78. The number of hydrogen-bond acceptors (Lipinski definition) is 4. The summed E-state index contributed by atoms with van der Waals surface area (Å²) in [7, 11) is -2.89. The molecule has 1 N–H and O–H groups in total. The second kappa shape index (κ2) is 5.98. The highest BCUT2D eigenvalue weighted by molar-refractivity contribution is 7.92. The molecule has 0 amide bonds. The van der Waals surface area contributed by atoms with Crippen LogP contribution in [-0.2, 0) is 9.84 Å². The van der Waals surface area contributed by atoms with E-state index < -0.39 is 9.84 Å². The van der Waals surface area contributed by atoms with Gasteiger partial charge in [0.2, 0.25) is 0 Å². The van der Waals surface area contributed by atoms with Crippen molar-refractivity contribution >= 4 is 9.84 Å². The molecule has 1 heterocycles. The van der Waals surface area contributed by atoms with Crippen LogP contribution in [0.5, 0.6) is 0 Å². The Morgan fingerprint density at radius 2 is 1.94 bits per heavy atom.